The largest absolute Gasteiger partial charge is 0.508 e. The van der Waals surface area contributed by atoms with E-state index < -0.39 is 0 Å². The Kier molecular flexibility index (Phi) is 2.37. The molecule has 1 aromatic carbocycles. The molecule has 0 amide bonds. The number of aromatic hydroxyl groups is 1. The quantitative estimate of drug-likeness (QED) is 0.851. The number of phenols is 1. The number of nitrogens with two attached hydrogens (primary N) is 1. The molecule has 2 aromatic rings. The van der Waals surface area contributed by atoms with Crippen LogP contribution in [0.1, 0.15) is 30.1 Å². The van der Waals surface area contributed by atoms with Gasteiger partial charge in [0.25, 0.3) is 0 Å². The van der Waals surface area contributed by atoms with Gasteiger partial charge in [0.15, 0.2) is 0 Å². The molecule has 90 valence electrons. The van der Waals surface area contributed by atoms with Crippen LogP contribution in [0.4, 0.5) is 0 Å². The van der Waals surface area contributed by atoms with Crippen molar-refractivity contribution in [1.29, 1.82) is 0 Å². The molecule has 3 nitrogen and oxygen atoms in total. The van der Waals surface area contributed by atoms with E-state index in [0.29, 0.717) is 18.3 Å². The molecule has 0 spiro atoms. The van der Waals surface area contributed by atoms with Crippen molar-refractivity contribution >= 4 is 10.9 Å². The Morgan fingerprint density at radius 2 is 2.18 bits per heavy atom. The smallest absolute Gasteiger partial charge is 0.116 e. The Morgan fingerprint density at radius 1 is 1.41 bits per heavy atom. The lowest BCUT2D eigenvalue weighted by Crippen LogP contribution is -2.09. The number of benzene rings is 1. The van der Waals surface area contributed by atoms with Crippen LogP contribution >= 0.6 is 0 Å². The zero-order chi connectivity index (χ0) is 12.0. The zero-order valence-corrected chi connectivity index (χ0v) is 10.1. The van der Waals surface area contributed by atoms with Crippen LogP contribution in [-0.4, -0.2) is 16.2 Å². The number of hydrogen-bond donors (Lipinski definition) is 2. The average molecular weight is 230 g/mol. The second kappa shape index (κ2) is 3.77. The van der Waals surface area contributed by atoms with Gasteiger partial charge < -0.3 is 15.4 Å². The number of aromatic nitrogens is 1. The van der Waals surface area contributed by atoms with E-state index >= 15 is 0 Å². The van der Waals surface area contributed by atoms with E-state index in [1.807, 2.05) is 12.1 Å². The first-order valence-electron chi connectivity index (χ1n) is 6.25. The standard InChI is InChI=1S/C14H18N2O/c1-9-12-8-11(17)4-5-14(12)16(10-2-3-10)13(9)6-7-15/h4-5,8,10,17H,2-3,6-7,15H2,1H3. The van der Waals surface area contributed by atoms with Gasteiger partial charge in [-0.2, -0.15) is 0 Å². The van der Waals surface area contributed by atoms with Gasteiger partial charge in [0.1, 0.15) is 5.75 Å². The fourth-order valence-electron chi connectivity index (χ4n) is 2.71. The molecule has 0 bridgehead atoms. The molecule has 1 aromatic heterocycles. The van der Waals surface area contributed by atoms with Gasteiger partial charge in [-0.15, -0.1) is 0 Å². The first-order chi connectivity index (χ1) is 8.22. The monoisotopic (exact) mass is 230 g/mol. The normalized spacial score (nSPS) is 15.6. The summed E-state index contributed by atoms with van der Waals surface area (Å²) in [6.07, 6.45) is 3.45. The Balaban J connectivity index is 2.28. The third kappa shape index (κ3) is 1.62. The van der Waals surface area contributed by atoms with E-state index in [2.05, 4.69) is 11.5 Å². The summed E-state index contributed by atoms with van der Waals surface area (Å²) in [6, 6.07) is 6.31. The molecule has 0 atom stereocenters. The van der Waals surface area contributed by atoms with Crippen molar-refractivity contribution in [2.24, 2.45) is 5.73 Å². The van der Waals surface area contributed by atoms with Crippen LogP contribution in [0.25, 0.3) is 10.9 Å². The topological polar surface area (TPSA) is 51.2 Å². The Hall–Kier alpha value is -1.48. The minimum Gasteiger partial charge on any atom is -0.508 e. The van der Waals surface area contributed by atoms with Crippen molar-refractivity contribution in [3.05, 3.63) is 29.5 Å². The summed E-state index contributed by atoms with van der Waals surface area (Å²) >= 11 is 0. The molecule has 3 heteroatoms. The third-order valence-electron chi connectivity index (χ3n) is 3.66. The molecule has 0 aliphatic heterocycles. The molecule has 1 saturated carbocycles. The van der Waals surface area contributed by atoms with E-state index in [1.54, 1.807) is 6.07 Å². The number of nitrogens with zero attached hydrogens (tertiary/aromatic N) is 1. The maximum atomic E-state index is 9.61. The molecule has 0 saturated heterocycles. The summed E-state index contributed by atoms with van der Waals surface area (Å²) in [7, 11) is 0. The van der Waals surface area contributed by atoms with Gasteiger partial charge in [-0.1, -0.05) is 0 Å². The predicted octanol–water partition coefficient (Wildman–Crippen LogP) is 2.49. The summed E-state index contributed by atoms with van der Waals surface area (Å²) < 4.78 is 2.43. The lowest BCUT2D eigenvalue weighted by Gasteiger charge is -2.09. The van der Waals surface area contributed by atoms with Crippen molar-refractivity contribution < 1.29 is 5.11 Å². The highest BCUT2D eigenvalue weighted by atomic mass is 16.3. The Morgan fingerprint density at radius 3 is 2.82 bits per heavy atom. The van der Waals surface area contributed by atoms with E-state index in [0.717, 1.165) is 6.42 Å². The van der Waals surface area contributed by atoms with Crippen LogP contribution < -0.4 is 5.73 Å². The average Bonchev–Trinajstić information content (AvgIpc) is 3.10. The van der Waals surface area contributed by atoms with Crippen molar-refractivity contribution in [3.8, 4) is 5.75 Å². The summed E-state index contributed by atoms with van der Waals surface area (Å²) in [5, 5.41) is 10.8. The lowest BCUT2D eigenvalue weighted by molar-refractivity contribution is 0.476. The van der Waals surface area contributed by atoms with Gasteiger partial charge in [0, 0.05) is 29.1 Å². The van der Waals surface area contributed by atoms with Crippen LogP contribution in [0, 0.1) is 6.92 Å². The molecule has 1 aliphatic rings. The molecule has 0 unspecified atom stereocenters. The molecule has 3 rings (SSSR count). The number of rotatable bonds is 3. The first-order valence-corrected chi connectivity index (χ1v) is 6.25. The second-order valence-corrected chi connectivity index (χ2v) is 4.91. The van der Waals surface area contributed by atoms with E-state index in [4.69, 9.17) is 5.73 Å². The maximum absolute atomic E-state index is 9.61. The SMILES string of the molecule is Cc1c(CCN)n(C2CC2)c2ccc(O)cc12. The van der Waals surface area contributed by atoms with Crippen LogP contribution in [-0.2, 0) is 6.42 Å². The van der Waals surface area contributed by atoms with Crippen LogP contribution in [0.2, 0.25) is 0 Å². The number of aryl methyl sites for hydroxylation is 1. The van der Waals surface area contributed by atoms with Gasteiger partial charge in [-0.25, -0.2) is 0 Å². The van der Waals surface area contributed by atoms with Crippen molar-refractivity contribution in [2.75, 3.05) is 6.54 Å². The molecule has 17 heavy (non-hydrogen) atoms. The van der Waals surface area contributed by atoms with Gasteiger partial charge in [-0.3, -0.25) is 0 Å². The van der Waals surface area contributed by atoms with Gasteiger partial charge in [-0.05, 0) is 50.1 Å². The number of hydrogen-bond acceptors (Lipinski definition) is 2. The molecule has 3 N–H and O–H groups in total. The Labute approximate surface area is 101 Å². The molecular weight excluding hydrogens is 212 g/mol. The number of phenolic OH excluding ortho intramolecular Hbond substituents is 1. The minimum absolute atomic E-state index is 0.341. The van der Waals surface area contributed by atoms with Gasteiger partial charge >= 0.3 is 0 Å². The predicted molar refractivity (Wildman–Crippen MR) is 69.4 cm³/mol. The molecular formula is C14H18N2O. The zero-order valence-electron chi connectivity index (χ0n) is 10.1. The van der Waals surface area contributed by atoms with Gasteiger partial charge in [0.05, 0.1) is 0 Å². The van der Waals surface area contributed by atoms with Crippen LogP contribution in [0.3, 0.4) is 0 Å². The molecule has 1 heterocycles. The van der Waals surface area contributed by atoms with E-state index in [-0.39, 0.29) is 0 Å². The second-order valence-electron chi connectivity index (χ2n) is 4.91. The van der Waals surface area contributed by atoms with Gasteiger partial charge in [0.2, 0.25) is 0 Å². The van der Waals surface area contributed by atoms with Crippen molar-refractivity contribution in [3.63, 3.8) is 0 Å². The van der Waals surface area contributed by atoms with E-state index in [9.17, 15) is 5.11 Å². The summed E-state index contributed by atoms with van der Waals surface area (Å²) in [5.74, 6) is 0.341. The summed E-state index contributed by atoms with van der Waals surface area (Å²) in [6.45, 7) is 2.81. The van der Waals surface area contributed by atoms with Crippen LogP contribution in [0.15, 0.2) is 18.2 Å². The highest BCUT2D eigenvalue weighted by molar-refractivity contribution is 5.87. The number of fused-ring (bicyclic) bond motifs is 1. The van der Waals surface area contributed by atoms with E-state index in [1.165, 1.54) is 35.0 Å². The first kappa shape index (κ1) is 10.7. The fourth-order valence-corrected chi connectivity index (χ4v) is 2.71. The maximum Gasteiger partial charge on any atom is 0.116 e. The highest BCUT2D eigenvalue weighted by Gasteiger charge is 2.28. The van der Waals surface area contributed by atoms with Crippen LogP contribution in [0.5, 0.6) is 5.75 Å². The molecule has 1 aliphatic carbocycles. The van der Waals surface area contributed by atoms with Crippen molar-refractivity contribution in [2.45, 2.75) is 32.2 Å². The molecule has 0 radical (unpaired) electrons. The molecule has 1 fully saturated rings. The lowest BCUT2D eigenvalue weighted by atomic mass is 10.1. The third-order valence-corrected chi connectivity index (χ3v) is 3.66. The highest BCUT2D eigenvalue weighted by Crippen LogP contribution is 2.41. The summed E-state index contributed by atoms with van der Waals surface area (Å²) in [4.78, 5) is 0. The van der Waals surface area contributed by atoms with Crippen molar-refractivity contribution in [1.82, 2.24) is 4.57 Å². The Bertz CT molecular complexity index is 567. The minimum atomic E-state index is 0.341. The summed E-state index contributed by atoms with van der Waals surface area (Å²) in [5.41, 5.74) is 9.56. The fraction of sp³-hybridized carbons (Fsp3) is 0.429.